The van der Waals surface area contributed by atoms with Gasteiger partial charge in [0.15, 0.2) is 0 Å². The Labute approximate surface area is 130 Å². The highest BCUT2D eigenvalue weighted by atomic mass is 16.6. The first-order valence-corrected chi connectivity index (χ1v) is 7.86. The van der Waals surface area contributed by atoms with Crippen molar-refractivity contribution in [3.8, 4) is 0 Å². The number of ether oxygens (including phenoxy) is 1. The molecule has 0 aromatic heterocycles. The molecule has 0 saturated heterocycles. The van der Waals surface area contributed by atoms with E-state index in [1.807, 2.05) is 30.3 Å². The van der Waals surface area contributed by atoms with E-state index in [-0.39, 0.29) is 25.6 Å². The number of carbonyl (C=O) groups excluding carboxylic acids is 1. The van der Waals surface area contributed by atoms with Crippen LogP contribution in [-0.2, 0) is 16.1 Å². The Morgan fingerprint density at radius 1 is 1.14 bits per heavy atom. The van der Waals surface area contributed by atoms with E-state index in [0.29, 0.717) is 0 Å². The number of benzene rings is 1. The van der Waals surface area contributed by atoms with Crippen molar-refractivity contribution in [2.75, 3.05) is 6.54 Å². The molecule has 1 saturated carbocycles. The van der Waals surface area contributed by atoms with E-state index in [2.05, 4.69) is 0 Å². The Bertz CT molecular complexity index is 483. The molecule has 2 rings (SSSR count). The predicted octanol–water partition coefficient (Wildman–Crippen LogP) is 3.43. The second-order valence-electron chi connectivity index (χ2n) is 5.67. The highest BCUT2D eigenvalue weighted by Gasteiger charge is 2.26. The van der Waals surface area contributed by atoms with E-state index in [1.54, 1.807) is 4.90 Å². The van der Waals surface area contributed by atoms with E-state index in [0.717, 1.165) is 31.2 Å². The van der Waals surface area contributed by atoms with Crippen molar-refractivity contribution in [3.63, 3.8) is 0 Å². The van der Waals surface area contributed by atoms with Crippen LogP contribution in [0.2, 0.25) is 0 Å². The third-order valence-corrected chi connectivity index (χ3v) is 4.02. The highest BCUT2D eigenvalue weighted by molar-refractivity contribution is 5.71. The average molecular weight is 305 g/mol. The summed E-state index contributed by atoms with van der Waals surface area (Å²) >= 11 is 0. The molecular weight excluding hydrogens is 282 g/mol. The zero-order valence-corrected chi connectivity index (χ0v) is 12.7. The number of nitrogens with zero attached hydrogens (tertiary/aromatic N) is 1. The SMILES string of the molecule is O=C(O)CCN(C(=O)OCc1ccccc1)C1CCCCC1. The number of hydrogen-bond acceptors (Lipinski definition) is 3. The van der Waals surface area contributed by atoms with E-state index in [9.17, 15) is 9.59 Å². The summed E-state index contributed by atoms with van der Waals surface area (Å²) in [5.74, 6) is -0.892. The summed E-state index contributed by atoms with van der Waals surface area (Å²) in [5.41, 5.74) is 0.928. The van der Waals surface area contributed by atoms with Crippen LogP contribution in [0.25, 0.3) is 0 Å². The maximum atomic E-state index is 12.3. The van der Waals surface area contributed by atoms with Crippen LogP contribution in [0.4, 0.5) is 4.79 Å². The molecule has 1 aromatic rings. The van der Waals surface area contributed by atoms with Crippen LogP contribution >= 0.6 is 0 Å². The van der Waals surface area contributed by atoms with E-state index < -0.39 is 12.1 Å². The normalized spacial score (nSPS) is 15.3. The lowest BCUT2D eigenvalue weighted by Gasteiger charge is -2.33. The van der Waals surface area contributed by atoms with Crippen molar-refractivity contribution in [1.82, 2.24) is 4.90 Å². The van der Waals surface area contributed by atoms with Crippen molar-refractivity contribution in [1.29, 1.82) is 0 Å². The van der Waals surface area contributed by atoms with Gasteiger partial charge in [0.25, 0.3) is 0 Å². The predicted molar refractivity (Wildman–Crippen MR) is 82.5 cm³/mol. The molecule has 0 radical (unpaired) electrons. The van der Waals surface area contributed by atoms with Crippen molar-refractivity contribution >= 4 is 12.1 Å². The summed E-state index contributed by atoms with van der Waals surface area (Å²) in [6.07, 6.45) is 4.76. The molecule has 1 aliphatic carbocycles. The van der Waals surface area contributed by atoms with Gasteiger partial charge < -0.3 is 14.7 Å². The minimum Gasteiger partial charge on any atom is -0.481 e. The van der Waals surface area contributed by atoms with Crippen LogP contribution in [0.1, 0.15) is 44.1 Å². The van der Waals surface area contributed by atoms with Gasteiger partial charge in [-0.25, -0.2) is 4.79 Å². The molecule has 5 heteroatoms. The quantitative estimate of drug-likeness (QED) is 0.874. The van der Waals surface area contributed by atoms with Gasteiger partial charge in [-0.2, -0.15) is 0 Å². The van der Waals surface area contributed by atoms with Crippen LogP contribution < -0.4 is 0 Å². The molecule has 1 aliphatic rings. The van der Waals surface area contributed by atoms with Crippen LogP contribution in [0.15, 0.2) is 30.3 Å². The zero-order chi connectivity index (χ0) is 15.8. The number of rotatable bonds is 6. The molecular formula is C17H23NO4. The number of amides is 1. The molecule has 1 N–H and O–H groups in total. The lowest BCUT2D eigenvalue weighted by Crippen LogP contribution is -2.42. The van der Waals surface area contributed by atoms with Gasteiger partial charge in [0.1, 0.15) is 6.61 Å². The van der Waals surface area contributed by atoms with Crippen molar-refractivity contribution in [2.24, 2.45) is 0 Å². The maximum absolute atomic E-state index is 12.3. The fraction of sp³-hybridized carbons (Fsp3) is 0.529. The molecule has 0 aliphatic heterocycles. The second-order valence-corrected chi connectivity index (χ2v) is 5.67. The molecule has 22 heavy (non-hydrogen) atoms. The minimum absolute atomic E-state index is 0.0447. The first-order chi connectivity index (χ1) is 10.7. The first kappa shape index (κ1) is 16.3. The molecule has 0 heterocycles. The first-order valence-electron chi connectivity index (χ1n) is 7.86. The van der Waals surface area contributed by atoms with Gasteiger partial charge in [0.05, 0.1) is 6.42 Å². The molecule has 0 spiro atoms. The Morgan fingerprint density at radius 2 is 1.82 bits per heavy atom. The molecule has 1 amide bonds. The van der Waals surface area contributed by atoms with Crippen molar-refractivity contribution < 1.29 is 19.4 Å². The number of carboxylic acids is 1. The number of carboxylic acid groups (broad SMARTS) is 1. The standard InChI is InChI=1S/C17H23NO4/c19-16(20)11-12-18(15-9-5-2-6-10-15)17(21)22-13-14-7-3-1-4-8-14/h1,3-4,7-8,15H,2,5-6,9-13H2,(H,19,20). The molecule has 0 atom stereocenters. The van der Waals surface area contributed by atoms with Gasteiger partial charge in [-0.15, -0.1) is 0 Å². The maximum Gasteiger partial charge on any atom is 0.410 e. The lowest BCUT2D eigenvalue weighted by molar-refractivity contribution is -0.137. The molecule has 0 bridgehead atoms. The fourth-order valence-electron chi connectivity index (χ4n) is 2.83. The highest BCUT2D eigenvalue weighted by Crippen LogP contribution is 2.23. The third kappa shape index (κ3) is 5.06. The largest absolute Gasteiger partial charge is 0.481 e. The Morgan fingerprint density at radius 3 is 2.45 bits per heavy atom. The molecule has 120 valence electrons. The summed E-state index contributed by atoms with van der Waals surface area (Å²) in [7, 11) is 0. The van der Waals surface area contributed by atoms with Crippen LogP contribution in [0.3, 0.4) is 0 Å². The minimum atomic E-state index is -0.892. The Hall–Kier alpha value is -2.04. The summed E-state index contributed by atoms with van der Waals surface area (Å²) in [5, 5.41) is 8.87. The topological polar surface area (TPSA) is 66.8 Å². The molecule has 5 nitrogen and oxygen atoms in total. The summed E-state index contributed by atoms with van der Waals surface area (Å²) in [6.45, 7) is 0.434. The van der Waals surface area contributed by atoms with E-state index in [1.165, 1.54) is 6.42 Å². The smallest absolute Gasteiger partial charge is 0.410 e. The molecule has 0 unspecified atom stereocenters. The van der Waals surface area contributed by atoms with Crippen LogP contribution in [0, 0.1) is 0 Å². The van der Waals surface area contributed by atoms with Crippen LogP contribution in [0.5, 0.6) is 0 Å². The van der Waals surface area contributed by atoms with Gasteiger partial charge >= 0.3 is 12.1 Å². The van der Waals surface area contributed by atoms with Crippen LogP contribution in [-0.4, -0.2) is 34.7 Å². The van der Waals surface area contributed by atoms with E-state index >= 15 is 0 Å². The van der Waals surface area contributed by atoms with Gasteiger partial charge in [-0.05, 0) is 18.4 Å². The number of aliphatic carboxylic acids is 1. The number of carbonyl (C=O) groups is 2. The van der Waals surface area contributed by atoms with Gasteiger partial charge in [-0.3, -0.25) is 4.79 Å². The van der Waals surface area contributed by atoms with Gasteiger partial charge in [0, 0.05) is 12.6 Å². The molecule has 1 fully saturated rings. The monoisotopic (exact) mass is 305 g/mol. The Balaban J connectivity index is 1.93. The number of hydrogen-bond donors (Lipinski definition) is 1. The lowest BCUT2D eigenvalue weighted by atomic mass is 9.94. The summed E-state index contributed by atoms with van der Waals surface area (Å²) in [4.78, 5) is 24.8. The second kappa shape index (κ2) is 8.41. The van der Waals surface area contributed by atoms with Crippen molar-refractivity contribution in [3.05, 3.63) is 35.9 Å². The van der Waals surface area contributed by atoms with Crippen molar-refractivity contribution in [2.45, 2.75) is 51.2 Å². The average Bonchev–Trinajstić information content (AvgIpc) is 2.55. The van der Waals surface area contributed by atoms with E-state index in [4.69, 9.17) is 9.84 Å². The fourth-order valence-corrected chi connectivity index (χ4v) is 2.83. The van der Waals surface area contributed by atoms with Gasteiger partial charge in [0.2, 0.25) is 0 Å². The Kier molecular flexibility index (Phi) is 6.25. The summed E-state index contributed by atoms with van der Waals surface area (Å²) in [6, 6.07) is 9.60. The van der Waals surface area contributed by atoms with Gasteiger partial charge in [-0.1, -0.05) is 49.6 Å². The zero-order valence-electron chi connectivity index (χ0n) is 12.7. The third-order valence-electron chi connectivity index (χ3n) is 4.02. The summed E-state index contributed by atoms with van der Waals surface area (Å²) < 4.78 is 5.37. The molecule has 1 aromatic carbocycles.